The van der Waals surface area contributed by atoms with Gasteiger partial charge in [0.2, 0.25) is 5.95 Å². The van der Waals surface area contributed by atoms with Crippen molar-refractivity contribution in [2.45, 2.75) is 37.8 Å². The summed E-state index contributed by atoms with van der Waals surface area (Å²) in [5.41, 5.74) is 0.0836. The summed E-state index contributed by atoms with van der Waals surface area (Å²) in [7, 11) is 3.86. The van der Waals surface area contributed by atoms with Crippen molar-refractivity contribution in [3.05, 3.63) is 63.5 Å². The number of anilines is 2. The smallest absolute Gasteiger partial charge is 0.287 e. The maximum absolute atomic E-state index is 12.7. The van der Waals surface area contributed by atoms with E-state index in [1.165, 1.54) is 18.2 Å². The lowest BCUT2D eigenvalue weighted by Crippen LogP contribution is -2.40. The minimum atomic E-state index is -0.530. The third-order valence-corrected chi connectivity index (χ3v) is 5.98. The summed E-state index contributed by atoms with van der Waals surface area (Å²) in [6, 6.07) is 9.47. The molecule has 1 fully saturated rings. The summed E-state index contributed by atoms with van der Waals surface area (Å²) in [5.74, 6) is 1.43. The first-order valence-corrected chi connectivity index (χ1v) is 11.3. The molecule has 1 amide bonds. The lowest BCUT2D eigenvalue weighted by atomic mass is 9.91. The van der Waals surface area contributed by atoms with Crippen LogP contribution < -0.4 is 15.5 Å². The second-order valence-electron chi connectivity index (χ2n) is 8.38. The van der Waals surface area contributed by atoms with E-state index in [2.05, 4.69) is 20.6 Å². The number of carbonyl (C=O) groups is 1. The second kappa shape index (κ2) is 10.1. The van der Waals surface area contributed by atoms with Crippen LogP contribution in [0, 0.1) is 10.1 Å². The van der Waals surface area contributed by atoms with Gasteiger partial charge in [-0.3, -0.25) is 14.9 Å². The summed E-state index contributed by atoms with van der Waals surface area (Å²) < 4.78 is 5.64. The largest absolute Gasteiger partial charge is 0.451 e. The predicted molar refractivity (Wildman–Crippen MR) is 129 cm³/mol. The van der Waals surface area contributed by atoms with Crippen molar-refractivity contribution in [3.63, 3.8) is 0 Å². The predicted octanol–water partition coefficient (Wildman–Crippen LogP) is 4.52. The Bertz CT molecular complexity index is 1190. The molecule has 0 aliphatic heterocycles. The first-order valence-electron chi connectivity index (χ1n) is 10.9. The van der Waals surface area contributed by atoms with E-state index in [0.717, 1.165) is 31.5 Å². The van der Waals surface area contributed by atoms with Crippen LogP contribution in [0.3, 0.4) is 0 Å². The van der Waals surface area contributed by atoms with Crippen LogP contribution in [0.15, 0.2) is 47.0 Å². The molecule has 34 heavy (non-hydrogen) atoms. The Balaban J connectivity index is 1.33. The molecule has 1 saturated carbocycles. The molecule has 2 heterocycles. The second-order valence-corrected chi connectivity index (χ2v) is 8.82. The van der Waals surface area contributed by atoms with Crippen LogP contribution in [0.25, 0.3) is 11.3 Å². The van der Waals surface area contributed by atoms with Gasteiger partial charge in [0.15, 0.2) is 5.76 Å². The number of hydrogen-bond acceptors (Lipinski definition) is 8. The number of rotatable bonds is 7. The maximum Gasteiger partial charge on any atom is 0.287 e. The number of benzene rings is 1. The van der Waals surface area contributed by atoms with E-state index in [4.69, 9.17) is 16.0 Å². The van der Waals surface area contributed by atoms with Crippen molar-refractivity contribution in [2.75, 3.05) is 24.3 Å². The lowest BCUT2D eigenvalue weighted by molar-refractivity contribution is -0.384. The fourth-order valence-electron chi connectivity index (χ4n) is 3.96. The Morgan fingerprint density at radius 3 is 2.59 bits per heavy atom. The van der Waals surface area contributed by atoms with Gasteiger partial charge < -0.3 is 20.0 Å². The summed E-state index contributed by atoms with van der Waals surface area (Å²) in [5, 5.41) is 18.0. The highest BCUT2D eigenvalue weighted by Crippen LogP contribution is 2.33. The van der Waals surface area contributed by atoms with Gasteiger partial charge in [-0.05, 0) is 56.0 Å². The first kappa shape index (κ1) is 23.5. The van der Waals surface area contributed by atoms with Crippen molar-refractivity contribution in [1.82, 2.24) is 15.3 Å². The summed E-state index contributed by atoms with van der Waals surface area (Å²) in [6.07, 6.45) is 5.05. The molecule has 178 valence electrons. The summed E-state index contributed by atoms with van der Waals surface area (Å²) >= 11 is 5.87. The third kappa shape index (κ3) is 5.45. The topological polar surface area (TPSA) is 126 Å². The zero-order valence-electron chi connectivity index (χ0n) is 18.8. The molecule has 0 radical (unpaired) electrons. The molecule has 0 atom stereocenters. The monoisotopic (exact) mass is 484 g/mol. The van der Waals surface area contributed by atoms with Gasteiger partial charge in [0.1, 0.15) is 11.6 Å². The average molecular weight is 485 g/mol. The van der Waals surface area contributed by atoms with Gasteiger partial charge in [-0.25, -0.2) is 4.98 Å². The van der Waals surface area contributed by atoms with Crippen LogP contribution in [0.5, 0.6) is 0 Å². The van der Waals surface area contributed by atoms with E-state index in [9.17, 15) is 14.9 Å². The molecule has 0 spiro atoms. The maximum atomic E-state index is 12.7. The summed E-state index contributed by atoms with van der Waals surface area (Å²) in [4.78, 5) is 34.2. The molecule has 10 nitrogen and oxygen atoms in total. The van der Waals surface area contributed by atoms with E-state index in [1.54, 1.807) is 18.3 Å². The number of furan rings is 1. The van der Waals surface area contributed by atoms with Crippen molar-refractivity contribution in [3.8, 4) is 11.3 Å². The van der Waals surface area contributed by atoms with Gasteiger partial charge in [0.25, 0.3) is 11.6 Å². The lowest BCUT2D eigenvalue weighted by Gasteiger charge is -2.29. The van der Waals surface area contributed by atoms with Gasteiger partial charge >= 0.3 is 0 Å². The quantitative estimate of drug-likeness (QED) is 0.370. The highest BCUT2D eigenvalue weighted by atomic mass is 35.5. The van der Waals surface area contributed by atoms with E-state index in [-0.39, 0.29) is 45.8 Å². The van der Waals surface area contributed by atoms with Crippen LogP contribution in [0.4, 0.5) is 17.5 Å². The van der Waals surface area contributed by atoms with Gasteiger partial charge in [-0.1, -0.05) is 11.6 Å². The molecule has 2 aromatic heterocycles. The number of halogens is 1. The first-order chi connectivity index (χ1) is 16.3. The highest BCUT2D eigenvalue weighted by Gasteiger charge is 2.25. The Morgan fingerprint density at radius 2 is 1.88 bits per heavy atom. The van der Waals surface area contributed by atoms with Crippen LogP contribution in [0.2, 0.25) is 5.02 Å². The molecule has 1 aliphatic carbocycles. The van der Waals surface area contributed by atoms with E-state index in [1.807, 2.05) is 25.1 Å². The van der Waals surface area contributed by atoms with Crippen LogP contribution in [0.1, 0.15) is 36.2 Å². The molecule has 4 rings (SSSR count). The van der Waals surface area contributed by atoms with Crippen molar-refractivity contribution >= 4 is 35.0 Å². The van der Waals surface area contributed by atoms with Crippen molar-refractivity contribution in [2.24, 2.45) is 0 Å². The number of nitrogens with one attached hydrogen (secondary N) is 2. The normalized spacial score (nSPS) is 17.7. The van der Waals surface area contributed by atoms with Crippen molar-refractivity contribution < 1.29 is 14.1 Å². The van der Waals surface area contributed by atoms with Gasteiger partial charge in [-0.2, -0.15) is 4.98 Å². The molecule has 1 aromatic carbocycles. The summed E-state index contributed by atoms with van der Waals surface area (Å²) in [6.45, 7) is 0. The Morgan fingerprint density at radius 1 is 1.15 bits per heavy atom. The zero-order chi connectivity index (χ0) is 24.2. The van der Waals surface area contributed by atoms with E-state index in [0.29, 0.717) is 5.95 Å². The molecule has 2 N–H and O–H groups in total. The minimum absolute atomic E-state index is 0.0120. The number of hydrogen-bond donors (Lipinski definition) is 2. The molecule has 11 heteroatoms. The number of carbonyl (C=O) groups excluding carboxylic acids is 1. The molecule has 0 saturated heterocycles. The fraction of sp³-hybridized carbons (Fsp3) is 0.348. The standard InChI is InChI=1S/C23H25ClN6O4/c1-29(2)21-11-12-25-23(28-21)27-16-6-4-15(5-7-16)26-22(31)20-10-9-19(34-20)17-8-3-14(24)13-18(17)30(32)33/h3,8-13,15-16H,4-7H2,1-2H3,(H,26,31)(H,25,27,28). The minimum Gasteiger partial charge on any atom is -0.451 e. The molecule has 0 unspecified atom stereocenters. The highest BCUT2D eigenvalue weighted by molar-refractivity contribution is 6.30. The van der Waals surface area contributed by atoms with Gasteiger partial charge in [0.05, 0.1) is 10.5 Å². The molecular formula is C23H25ClN6O4. The molecular weight excluding hydrogens is 460 g/mol. The number of amides is 1. The molecule has 3 aromatic rings. The van der Waals surface area contributed by atoms with Crippen LogP contribution in [-0.2, 0) is 0 Å². The Hall–Kier alpha value is -3.66. The third-order valence-electron chi connectivity index (χ3n) is 5.75. The van der Waals surface area contributed by atoms with Gasteiger partial charge in [0, 0.05) is 43.5 Å². The average Bonchev–Trinajstić information content (AvgIpc) is 3.31. The van der Waals surface area contributed by atoms with Crippen LogP contribution >= 0.6 is 11.6 Å². The number of nitro groups is 1. The number of aromatic nitrogens is 2. The van der Waals surface area contributed by atoms with E-state index >= 15 is 0 Å². The van der Waals surface area contributed by atoms with Gasteiger partial charge in [-0.15, -0.1) is 0 Å². The molecule has 0 bridgehead atoms. The Kier molecular flexibility index (Phi) is 6.97. The molecule has 1 aliphatic rings. The van der Waals surface area contributed by atoms with Crippen molar-refractivity contribution in [1.29, 1.82) is 0 Å². The SMILES string of the molecule is CN(C)c1ccnc(NC2CCC(NC(=O)c3ccc(-c4ccc(Cl)cc4[N+](=O)[O-])o3)CC2)n1. The van der Waals surface area contributed by atoms with Crippen LogP contribution in [-0.4, -0.2) is 47.0 Å². The van der Waals surface area contributed by atoms with E-state index < -0.39 is 4.92 Å². The fourth-order valence-corrected chi connectivity index (χ4v) is 4.12. The Labute approximate surface area is 201 Å². The number of nitrogens with zero attached hydrogens (tertiary/aromatic N) is 4. The number of nitro benzene ring substituents is 1. The zero-order valence-corrected chi connectivity index (χ0v) is 19.6.